The highest BCUT2D eigenvalue weighted by Gasteiger charge is 2.39. The van der Waals surface area contributed by atoms with Gasteiger partial charge in [0.1, 0.15) is 12.9 Å². The van der Waals surface area contributed by atoms with Crippen molar-refractivity contribution in [1.29, 1.82) is 0 Å². The van der Waals surface area contributed by atoms with Crippen molar-refractivity contribution in [2.24, 2.45) is 0 Å². The fraction of sp³-hybridized carbons (Fsp3) is 0.500. The number of ether oxygens (including phenoxy) is 1. The van der Waals surface area contributed by atoms with Crippen molar-refractivity contribution >= 4 is 0 Å². The number of piperidine rings is 1. The van der Waals surface area contributed by atoms with Gasteiger partial charge in [-0.2, -0.15) is 0 Å². The third kappa shape index (κ3) is 4.55. The zero-order chi connectivity index (χ0) is 16.9. The Morgan fingerprint density at radius 2 is 1.84 bits per heavy atom. The summed E-state index contributed by atoms with van der Waals surface area (Å²) in [5.74, 6) is 1.47. The maximum absolute atomic E-state index is 5.69. The fourth-order valence-electron chi connectivity index (χ4n) is 3.73. The second kappa shape index (κ2) is 7.93. The summed E-state index contributed by atoms with van der Waals surface area (Å²) in [4.78, 5) is 10.4. The average molecular weight is 338 g/mol. The van der Waals surface area contributed by atoms with Crippen molar-refractivity contribution in [2.45, 2.75) is 37.3 Å². The Labute approximate surface area is 149 Å². The van der Waals surface area contributed by atoms with Gasteiger partial charge in [-0.1, -0.05) is 30.3 Å². The van der Waals surface area contributed by atoms with Crippen molar-refractivity contribution in [2.75, 3.05) is 26.2 Å². The van der Waals surface area contributed by atoms with Crippen molar-refractivity contribution in [3.63, 3.8) is 0 Å². The second-order valence-electron chi connectivity index (χ2n) is 7.06. The fourth-order valence-corrected chi connectivity index (χ4v) is 3.73. The molecule has 5 nitrogen and oxygen atoms in total. The van der Waals surface area contributed by atoms with Gasteiger partial charge in [0.25, 0.3) is 0 Å². The molecule has 2 aromatic rings. The third-order valence-corrected chi connectivity index (χ3v) is 5.27. The summed E-state index contributed by atoms with van der Waals surface area (Å²) >= 11 is 0. The highest BCUT2D eigenvalue weighted by atomic mass is 16.5. The molecule has 1 N–H and O–H groups in total. The van der Waals surface area contributed by atoms with Crippen LogP contribution in [0, 0.1) is 0 Å². The highest BCUT2D eigenvalue weighted by Crippen LogP contribution is 2.41. The maximum atomic E-state index is 5.69. The minimum atomic E-state index is 0.665. The highest BCUT2D eigenvalue weighted by molar-refractivity contribution is 5.27. The lowest BCUT2D eigenvalue weighted by molar-refractivity contribution is 0.164. The first kappa shape index (κ1) is 16.5. The van der Waals surface area contributed by atoms with E-state index in [4.69, 9.17) is 4.74 Å². The average Bonchev–Trinajstić information content (AvgIpc) is 3.44. The van der Waals surface area contributed by atoms with Gasteiger partial charge in [0, 0.05) is 24.5 Å². The summed E-state index contributed by atoms with van der Waals surface area (Å²) in [5, 5.41) is 3.87. The van der Waals surface area contributed by atoms with E-state index in [1.807, 2.05) is 0 Å². The van der Waals surface area contributed by atoms with Crippen LogP contribution in [0.4, 0.5) is 0 Å². The van der Waals surface area contributed by atoms with E-state index >= 15 is 0 Å². The first-order chi connectivity index (χ1) is 12.4. The van der Waals surface area contributed by atoms with Crippen molar-refractivity contribution in [3.05, 3.63) is 54.6 Å². The molecule has 1 saturated heterocycles. The lowest BCUT2D eigenvalue weighted by Gasteiger charge is -2.32. The maximum Gasteiger partial charge on any atom is 0.155 e. The molecular formula is C20H26N4O. The Hall–Kier alpha value is -1.98. The first-order valence-corrected chi connectivity index (χ1v) is 9.29. The SMILES string of the molecule is c1ccc([C@@H]2C[C@H]2NC2CCN(CCOc3cncnc3)CC2)cc1. The molecule has 0 amide bonds. The molecular weight excluding hydrogens is 312 g/mol. The summed E-state index contributed by atoms with van der Waals surface area (Å²) < 4.78 is 5.69. The molecule has 0 radical (unpaired) electrons. The normalized spacial score (nSPS) is 24.2. The summed E-state index contributed by atoms with van der Waals surface area (Å²) in [6.45, 7) is 3.96. The van der Waals surface area contributed by atoms with E-state index < -0.39 is 0 Å². The molecule has 0 unspecified atom stereocenters. The van der Waals surface area contributed by atoms with Crippen LogP contribution < -0.4 is 10.1 Å². The van der Waals surface area contributed by atoms with E-state index in [9.17, 15) is 0 Å². The molecule has 1 aromatic heterocycles. The lowest BCUT2D eigenvalue weighted by Crippen LogP contribution is -2.44. The van der Waals surface area contributed by atoms with Gasteiger partial charge < -0.3 is 10.1 Å². The lowest BCUT2D eigenvalue weighted by atomic mass is 10.0. The molecule has 1 saturated carbocycles. The summed E-state index contributed by atoms with van der Waals surface area (Å²) in [5.41, 5.74) is 1.49. The molecule has 1 aromatic carbocycles. The number of hydrogen-bond donors (Lipinski definition) is 1. The van der Waals surface area contributed by atoms with Gasteiger partial charge >= 0.3 is 0 Å². The Kier molecular flexibility index (Phi) is 5.23. The molecule has 2 heterocycles. The molecule has 2 aliphatic rings. The van der Waals surface area contributed by atoms with Gasteiger partial charge in [0.15, 0.2) is 5.75 Å². The Morgan fingerprint density at radius 3 is 2.60 bits per heavy atom. The Morgan fingerprint density at radius 1 is 1.08 bits per heavy atom. The number of rotatable bonds is 7. The van der Waals surface area contributed by atoms with Crippen LogP contribution in [0.3, 0.4) is 0 Å². The van der Waals surface area contributed by atoms with Gasteiger partial charge in [-0.25, -0.2) is 9.97 Å². The predicted octanol–water partition coefficient (Wildman–Crippen LogP) is 2.47. The molecule has 2 fully saturated rings. The number of aromatic nitrogens is 2. The zero-order valence-electron chi connectivity index (χ0n) is 14.6. The molecule has 1 aliphatic heterocycles. The number of nitrogens with one attached hydrogen (secondary N) is 1. The van der Waals surface area contributed by atoms with E-state index in [-0.39, 0.29) is 0 Å². The van der Waals surface area contributed by atoms with Gasteiger partial charge in [-0.3, -0.25) is 4.90 Å². The number of hydrogen-bond acceptors (Lipinski definition) is 5. The molecule has 132 valence electrons. The molecule has 25 heavy (non-hydrogen) atoms. The number of likely N-dealkylation sites (tertiary alicyclic amines) is 1. The summed E-state index contributed by atoms with van der Waals surface area (Å²) in [7, 11) is 0. The van der Waals surface area contributed by atoms with Crippen LogP contribution in [0.15, 0.2) is 49.1 Å². The van der Waals surface area contributed by atoms with Crippen molar-refractivity contribution in [3.8, 4) is 5.75 Å². The summed E-state index contributed by atoms with van der Waals surface area (Å²) in [6, 6.07) is 12.2. The number of nitrogens with zero attached hydrogens (tertiary/aromatic N) is 3. The van der Waals surface area contributed by atoms with Crippen LogP contribution in [0.1, 0.15) is 30.7 Å². The standard InChI is InChI=1S/C20H26N4O/c1-2-4-16(5-3-1)19-12-20(19)23-17-6-8-24(9-7-17)10-11-25-18-13-21-15-22-14-18/h1-5,13-15,17,19-20,23H,6-12H2/t19-,20+/m0/s1. The Balaban J connectivity index is 1.13. The van der Waals surface area contributed by atoms with Gasteiger partial charge in [0.05, 0.1) is 12.4 Å². The predicted molar refractivity (Wildman–Crippen MR) is 97.7 cm³/mol. The summed E-state index contributed by atoms with van der Waals surface area (Å²) in [6.07, 6.45) is 8.69. The van der Waals surface area contributed by atoms with Gasteiger partial charge in [-0.15, -0.1) is 0 Å². The van der Waals surface area contributed by atoms with Crippen LogP contribution in [-0.4, -0.2) is 53.2 Å². The van der Waals surface area contributed by atoms with E-state index in [1.54, 1.807) is 12.4 Å². The van der Waals surface area contributed by atoms with Crippen LogP contribution in [-0.2, 0) is 0 Å². The molecule has 1 aliphatic carbocycles. The van der Waals surface area contributed by atoms with E-state index in [1.165, 1.54) is 31.2 Å². The first-order valence-electron chi connectivity index (χ1n) is 9.29. The quantitative estimate of drug-likeness (QED) is 0.840. The molecule has 0 bridgehead atoms. The Bertz CT molecular complexity index is 643. The molecule has 4 rings (SSSR count). The van der Waals surface area contributed by atoms with Crippen LogP contribution in [0.5, 0.6) is 5.75 Å². The monoisotopic (exact) mass is 338 g/mol. The van der Waals surface area contributed by atoms with Gasteiger partial charge in [-0.05, 0) is 37.9 Å². The zero-order valence-corrected chi connectivity index (χ0v) is 14.6. The van der Waals surface area contributed by atoms with E-state index in [0.29, 0.717) is 18.7 Å². The van der Waals surface area contributed by atoms with Gasteiger partial charge in [0.2, 0.25) is 0 Å². The number of benzene rings is 1. The van der Waals surface area contributed by atoms with Crippen molar-refractivity contribution in [1.82, 2.24) is 20.2 Å². The topological polar surface area (TPSA) is 50.3 Å². The molecule has 2 atom stereocenters. The molecule has 5 heteroatoms. The van der Waals surface area contributed by atoms with E-state index in [0.717, 1.165) is 31.3 Å². The minimum absolute atomic E-state index is 0.665. The second-order valence-corrected chi connectivity index (χ2v) is 7.06. The smallest absolute Gasteiger partial charge is 0.155 e. The minimum Gasteiger partial charge on any atom is -0.489 e. The third-order valence-electron chi connectivity index (χ3n) is 5.27. The van der Waals surface area contributed by atoms with Crippen molar-refractivity contribution < 1.29 is 4.74 Å². The molecule has 0 spiro atoms. The van der Waals surface area contributed by atoms with Crippen LogP contribution in [0.25, 0.3) is 0 Å². The largest absolute Gasteiger partial charge is 0.489 e. The van der Waals surface area contributed by atoms with Crippen LogP contribution in [0.2, 0.25) is 0 Å². The van der Waals surface area contributed by atoms with Crippen LogP contribution >= 0.6 is 0 Å². The van der Waals surface area contributed by atoms with E-state index in [2.05, 4.69) is 50.5 Å².